The number of thioether (sulfide) groups is 1. The summed E-state index contributed by atoms with van der Waals surface area (Å²) in [6.45, 7) is 0.707. The van der Waals surface area contributed by atoms with Crippen molar-refractivity contribution in [2.45, 2.75) is 37.7 Å². The molecule has 1 amide bonds. The molecule has 0 radical (unpaired) electrons. The first-order valence-corrected chi connectivity index (χ1v) is 10.8. The van der Waals surface area contributed by atoms with Crippen molar-refractivity contribution in [3.8, 4) is 17.7 Å². The van der Waals surface area contributed by atoms with E-state index in [0.717, 1.165) is 17.3 Å². The molecule has 3 heterocycles. The van der Waals surface area contributed by atoms with E-state index in [-0.39, 0.29) is 23.7 Å². The summed E-state index contributed by atoms with van der Waals surface area (Å²) < 4.78 is 49.5. The van der Waals surface area contributed by atoms with Crippen molar-refractivity contribution in [1.82, 2.24) is 15.1 Å². The van der Waals surface area contributed by atoms with Crippen LogP contribution in [0.2, 0.25) is 0 Å². The number of fused-ring (bicyclic) bond motifs is 2. The first-order valence-electron chi connectivity index (χ1n) is 9.66. The van der Waals surface area contributed by atoms with E-state index in [0.29, 0.717) is 48.9 Å². The number of nitrogens with zero attached hydrogens (tertiary/aromatic N) is 3. The molecule has 0 fully saturated rings. The Labute approximate surface area is 180 Å². The molecule has 4 rings (SSSR count). The lowest BCUT2D eigenvalue weighted by Crippen LogP contribution is -2.43. The van der Waals surface area contributed by atoms with Gasteiger partial charge < -0.3 is 14.8 Å². The average Bonchev–Trinajstić information content (AvgIpc) is 3.29. The number of ether oxygens (including phenoxy) is 2. The van der Waals surface area contributed by atoms with E-state index in [2.05, 4.69) is 16.5 Å². The Hall–Kier alpha value is -2.87. The zero-order valence-electron chi connectivity index (χ0n) is 16.3. The van der Waals surface area contributed by atoms with E-state index in [1.54, 1.807) is 22.9 Å². The maximum atomic E-state index is 12.6. The number of hydrogen-bond acceptors (Lipinski definition) is 6. The molecular weight excluding hydrogens is 433 g/mol. The molecule has 0 saturated carbocycles. The van der Waals surface area contributed by atoms with Gasteiger partial charge in [0.15, 0.2) is 5.69 Å². The lowest BCUT2D eigenvalue weighted by molar-refractivity contribution is -0.105. The summed E-state index contributed by atoms with van der Waals surface area (Å²) in [7, 11) is 0. The molecule has 2 aliphatic rings. The number of carbonyl (C=O) groups excluding carboxylic acids is 1. The van der Waals surface area contributed by atoms with Gasteiger partial charge in [-0.15, -0.1) is 0 Å². The Morgan fingerprint density at radius 1 is 1.39 bits per heavy atom. The van der Waals surface area contributed by atoms with Crippen molar-refractivity contribution in [2.24, 2.45) is 0 Å². The van der Waals surface area contributed by atoms with Crippen LogP contribution in [0.3, 0.4) is 0 Å². The standard InChI is InChI=1S/C20H19F3N4O3S/c21-20(22,23)11-31-4-3-15-9-27-18(30-15)7-16(26-27)19(28)25-14-6-13-5-12(8-24)1-2-17(13)29-10-14/h1-2,5,7,14-15H,3-4,6,9-11H2,(H,25,28)/t14-,15-/m1/s1. The fourth-order valence-corrected chi connectivity index (χ4v) is 4.31. The van der Waals surface area contributed by atoms with Gasteiger partial charge in [0.1, 0.15) is 18.5 Å². The van der Waals surface area contributed by atoms with Gasteiger partial charge in [-0.05, 0) is 42.4 Å². The molecule has 1 N–H and O–H groups in total. The van der Waals surface area contributed by atoms with Crippen molar-refractivity contribution in [1.29, 1.82) is 5.26 Å². The second kappa shape index (κ2) is 8.70. The molecule has 1 aromatic carbocycles. The van der Waals surface area contributed by atoms with Gasteiger partial charge in [0.2, 0.25) is 5.88 Å². The normalized spacial score (nSPS) is 19.5. The minimum Gasteiger partial charge on any atom is -0.491 e. The number of alkyl halides is 3. The molecule has 2 aliphatic heterocycles. The maximum absolute atomic E-state index is 12.6. The Balaban J connectivity index is 1.28. The highest BCUT2D eigenvalue weighted by molar-refractivity contribution is 7.99. The summed E-state index contributed by atoms with van der Waals surface area (Å²) in [5.74, 6) is 0.232. The zero-order valence-corrected chi connectivity index (χ0v) is 17.1. The largest absolute Gasteiger partial charge is 0.491 e. The van der Waals surface area contributed by atoms with Gasteiger partial charge in [0.05, 0.1) is 30.0 Å². The molecule has 0 saturated heterocycles. The van der Waals surface area contributed by atoms with Crippen molar-refractivity contribution in [3.05, 3.63) is 41.1 Å². The minimum absolute atomic E-state index is 0.205. The lowest BCUT2D eigenvalue weighted by atomic mass is 10.0. The summed E-state index contributed by atoms with van der Waals surface area (Å²) >= 11 is 0.825. The highest BCUT2D eigenvalue weighted by Crippen LogP contribution is 2.28. The second-order valence-corrected chi connectivity index (χ2v) is 8.47. The van der Waals surface area contributed by atoms with E-state index >= 15 is 0 Å². The molecule has 0 unspecified atom stereocenters. The molecular formula is C20H19F3N4O3S. The Morgan fingerprint density at radius 3 is 2.97 bits per heavy atom. The number of halogens is 3. The number of nitrogens with one attached hydrogen (secondary N) is 1. The quantitative estimate of drug-likeness (QED) is 0.678. The molecule has 0 bridgehead atoms. The maximum Gasteiger partial charge on any atom is 0.397 e. The predicted octanol–water partition coefficient (Wildman–Crippen LogP) is 2.93. The van der Waals surface area contributed by atoms with Crippen LogP contribution in [-0.4, -0.2) is 52.1 Å². The predicted molar refractivity (Wildman–Crippen MR) is 106 cm³/mol. The summed E-state index contributed by atoms with van der Waals surface area (Å²) in [5, 5.41) is 16.2. The van der Waals surface area contributed by atoms with Crippen LogP contribution in [-0.2, 0) is 13.0 Å². The highest BCUT2D eigenvalue weighted by Gasteiger charge is 2.30. The van der Waals surface area contributed by atoms with Gasteiger partial charge in [-0.3, -0.25) is 4.79 Å². The van der Waals surface area contributed by atoms with Crippen LogP contribution >= 0.6 is 11.8 Å². The first kappa shape index (κ1) is 21.4. The molecule has 164 valence electrons. The topological polar surface area (TPSA) is 89.2 Å². The molecule has 2 atom stereocenters. The molecule has 1 aromatic heterocycles. The van der Waals surface area contributed by atoms with Gasteiger partial charge in [-0.25, -0.2) is 4.68 Å². The van der Waals surface area contributed by atoms with Crippen molar-refractivity contribution in [3.63, 3.8) is 0 Å². The third-order valence-corrected chi connectivity index (χ3v) is 5.98. The molecule has 0 aliphatic carbocycles. The Bertz CT molecular complexity index is 995. The van der Waals surface area contributed by atoms with Crippen LogP contribution in [0.25, 0.3) is 0 Å². The van der Waals surface area contributed by atoms with E-state index in [4.69, 9.17) is 14.7 Å². The van der Waals surface area contributed by atoms with E-state index in [1.165, 1.54) is 6.07 Å². The van der Waals surface area contributed by atoms with Crippen LogP contribution in [0.5, 0.6) is 11.6 Å². The zero-order chi connectivity index (χ0) is 22.0. The summed E-state index contributed by atoms with van der Waals surface area (Å²) in [4.78, 5) is 12.6. The van der Waals surface area contributed by atoms with Gasteiger partial charge in [0, 0.05) is 6.07 Å². The van der Waals surface area contributed by atoms with E-state index < -0.39 is 11.9 Å². The van der Waals surface area contributed by atoms with E-state index in [1.807, 2.05) is 0 Å². The summed E-state index contributed by atoms with van der Waals surface area (Å²) in [6, 6.07) is 8.55. The monoisotopic (exact) mass is 452 g/mol. The molecule has 7 nitrogen and oxygen atoms in total. The molecule has 11 heteroatoms. The van der Waals surface area contributed by atoms with Gasteiger partial charge >= 0.3 is 6.18 Å². The fourth-order valence-electron chi connectivity index (χ4n) is 3.51. The van der Waals surface area contributed by atoms with Crippen LogP contribution in [0, 0.1) is 11.3 Å². The first-order chi connectivity index (χ1) is 14.8. The average molecular weight is 452 g/mol. The number of nitriles is 1. The van der Waals surface area contributed by atoms with Crippen LogP contribution in [0.4, 0.5) is 13.2 Å². The number of aromatic nitrogens is 2. The van der Waals surface area contributed by atoms with Gasteiger partial charge in [-0.1, -0.05) is 0 Å². The van der Waals surface area contributed by atoms with Gasteiger partial charge in [-0.2, -0.15) is 35.3 Å². The third kappa shape index (κ3) is 5.25. The van der Waals surface area contributed by atoms with Gasteiger partial charge in [0.25, 0.3) is 5.91 Å². The van der Waals surface area contributed by atoms with Crippen LogP contribution in [0.1, 0.15) is 28.0 Å². The Kier molecular flexibility index (Phi) is 6.00. The number of rotatable bonds is 6. The van der Waals surface area contributed by atoms with Crippen molar-refractivity contribution in [2.75, 3.05) is 18.1 Å². The molecule has 31 heavy (non-hydrogen) atoms. The summed E-state index contributed by atoms with van der Waals surface area (Å²) in [6.07, 6.45) is -3.41. The third-order valence-electron chi connectivity index (χ3n) is 4.92. The lowest BCUT2D eigenvalue weighted by Gasteiger charge is -2.26. The summed E-state index contributed by atoms with van der Waals surface area (Å²) in [5.41, 5.74) is 1.59. The second-order valence-electron chi connectivity index (χ2n) is 7.37. The minimum atomic E-state index is -4.17. The number of carbonyl (C=O) groups is 1. The molecule has 0 spiro atoms. The highest BCUT2D eigenvalue weighted by atomic mass is 32.2. The van der Waals surface area contributed by atoms with Crippen LogP contribution in [0.15, 0.2) is 24.3 Å². The van der Waals surface area contributed by atoms with E-state index in [9.17, 15) is 18.0 Å². The number of hydrogen-bond donors (Lipinski definition) is 1. The van der Waals surface area contributed by atoms with Crippen LogP contribution < -0.4 is 14.8 Å². The molecule has 2 aromatic rings. The number of benzene rings is 1. The fraction of sp³-hybridized carbons (Fsp3) is 0.450. The smallest absolute Gasteiger partial charge is 0.397 e. The number of amides is 1. The van der Waals surface area contributed by atoms with Crippen molar-refractivity contribution >= 4 is 17.7 Å². The SMILES string of the molecule is N#Cc1ccc2c(c1)C[C@@H](NC(=O)c1cc3n(n1)C[C@@H](CCSCC(F)(F)F)O3)CO2. The van der Waals surface area contributed by atoms with Crippen molar-refractivity contribution < 1.29 is 27.4 Å². The Morgan fingerprint density at radius 2 is 2.23 bits per heavy atom.